The highest BCUT2D eigenvalue weighted by molar-refractivity contribution is 5.77. The quantitative estimate of drug-likeness (QED) is 0.218. The van der Waals surface area contributed by atoms with Crippen LogP contribution in [0.4, 0.5) is 0 Å². The van der Waals surface area contributed by atoms with Crippen LogP contribution in [0.5, 0.6) is 0 Å². The standard InChI is InChI=1S/C9H14O10/c1-18-8(16)6(14)4(12)5(13)7(15)9(17)19-2-3(10)11/h2,4-7,10-15H,1H3. The molecule has 0 rings (SSSR count). The minimum Gasteiger partial charge on any atom is -0.479 e. The van der Waals surface area contributed by atoms with Crippen molar-refractivity contribution in [2.45, 2.75) is 24.4 Å². The zero-order valence-electron chi connectivity index (χ0n) is 9.70. The van der Waals surface area contributed by atoms with E-state index in [0.29, 0.717) is 0 Å². The van der Waals surface area contributed by atoms with Crippen molar-refractivity contribution in [3.05, 3.63) is 12.2 Å². The maximum absolute atomic E-state index is 11.0. The summed E-state index contributed by atoms with van der Waals surface area (Å²) in [4.78, 5) is 21.9. The average molecular weight is 282 g/mol. The maximum Gasteiger partial charge on any atom is 0.342 e. The third kappa shape index (κ3) is 5.09. The number of carbonyl (C=O) groups excluding carboxylic acids is 2. The summed E-state index contributed by atoms with van der Waals surface area (Å²) in [6.45, 7) is 0. The number of methoxy groups -OCH3 is 1. The van der Waals surface area contributed by atoms with Crippen molar-refractivity contribution in [1.82, 2.24) is 0 Å². The van der Waals surface area contributed by atoms with Gasteiger partial charge in [0.15, 0.2) is 18.5 Å². The van der Waals surface area contributed by atoms with Gasteiger partial charge in [-0.3, -0.25) is 0 Å². The molecule has 0 bridgehead atoms. The zero-order chi connectivity index (χ0) is 15.2. The highest BCUT2D eigenvalue weighted by Gasteiger charge is 2.38. The van der Waals surface area contributed by atoms with Crippen molar-refractivity contribution in [3.63, 3.8) is 0 Å². The molecule has 0 amide bonds. The van der Waals surface area contributed by atoms with E-state index >= 15 is 0 Å². The number of esters is 2. The van der Waals surface area contributed by atoms with E-state index in [1.165, 1.54) is 0 Å². The summed E-state index contributed by atoms with van der Waals surface area (Å²) >= 11 is 0. The molecule has 0 saturated heterocycles. The third-order valence-electron chi connectivity index (χ3n) is 1.96. The lowest BCUT2D eigenvalue weighted by Gasteiger charge is -2.23. The summed E-state index contributed by atoms with van der Waals surface area (Å²) in [6.07, 6.45) is -8.87. The Morgan fingerprint density at radius 2 is 1.37 bits per heavy atom. The molecule has 0 saturated carbocycles. The monoisotopic (exact) mass is 282 g/mol. The molecular formula is C9H14O10. The Kier molecular flexibility index (Phi) is 6.79. The molecule has 6 N–H and O–H groups in total. The van der Waals surface area contributed by atoms with Gasteiger partial charge >= 0.3 is 17.9 Å². The predicted molar refractivity (Wildman–Crippen MR) is 55.5 cm³/mol. The molecule has 19 heavy (non-hydrogen) atoms. The molecule has 0 radical (unpaired) electrons. The van der Waals surface area contributed by atoms with Gasteiger partial charge in [-0.1, -0.05) is 0 Å². The third-order valence-corrected chi connectivity index (χ3v) is 1.96. The minimum absolute atomic E-state index is 0.154. The van der Waals surface area contributed by atoms with Crippen LogP contribution in [0.25, 0.3) is 0 Å². The highest BCUT2D eigenvalue weighted by atomic mass is 16.6. The van der Waals surface area contributed by atoms with Crippen LogP contribution in [-0.2, 0) is 19.1 Å². The lowest BCUT2D eigenvalue weighted by atomic mass is 10.0. The van der Waals surface area contributed by atoms with Gasteiger partial charge in [-0.2, -0.15) is 0 Å². The van der Waals surface area contributed by atoms with E-state index in [1.54, 1.807) is 0 Å². The maximum atomic E-state index is 11.0. The Labute approximate surface area is 106 Å². The lowest BCUT2D eigenvalue weighted by Crippen LogP contribution is -2.50. The molecule has 10 heteroatoms. The summed E-state index contributed by atoms with van der Waals surface area (Å²) in [5.74, 6) is -4.21. The van der Waals surface area contributed by atoms with E-state index in [-0.39, 0.29) is 6.26 Å². The fourth-order valence-electron chi connectivity index (χ4n) is 0.954. The molecule has 0 aliphatic rings. The first kappa shape index (κ1) is 17.1. The number of ether oxygens (including phenoxy) is 2. The second-order valence-electron chi connectivity index (χ2n) is 3.31. The number of hydrogen-bond donors (Lipinski definition) is 6. The molecule has 0 heterocycles. The molecule has 0 aromatic carbocycles. The number of carbonyl (C=O) groups is 2. The molecule has 0 aromatic heterocycles. The van der Waals surface area contributed by atoms with Gasteiger partial charge in [-0.15, -0.1) is 0 Å². The number of aliphatic hydroxyl groups excluding tert-OH is 5. The lowest BCUT2D eigenvalue weighted by molar-refractivity contribution is -0.175. The minimum atomic E-state index is -2.34. The summed E-state index contributed by atoms with van der Waals surface area (Å²) < 4.78 is 8.05. The molecule has 4 unspecified atom stereocenters. The molecule has 0 aromatic rings. The van der Waals surface area contributed by atoms with E-state index in [9.17, 15) is 24.9 Å². The van der Waals surface area contributed by atoms with Crippen LogP contribution in [0.15, 0.2) is 12.2 Å². The fourth-order valence-corrected chi connectivity index (χ4v) is 0.954. The Hall–Kier alpha value is -1.88. The molecule has 0 fully saturated rings. The zero-order valence-corrected chi connectivity index (χ0v) is 9.70. The van der Waals surface area contributed by atoms with Gasteiger partial charge in [0.1, 0.15) is 12.2 Å². The summed E-state index contributed by atoms with van der Waals surface area (Å²) in [7, 11) is 0.907. The first-order valence-electron chi connectivity index (χ1n) is 4.81. The van der Waals surface area contributed by atoms with Crippen LogP contribution >= 0.6 is 0 Å². The van der Waals surface area contributed by atoms with Gasteiger partial charge in [0.25, 0.3) is 0 Å². The average Bonchev–Trinajstić information content (AvgIpc) is 2.40. The normalized spacial score (nSPS) is 16.7. The number of rotatable bonds is 6. The van der Waals surface area contributed by atoms with Gasteiger partial charge in [0.2, 0.25) is 0 Å². The summed E-state index contributed by atoms with van der Waals surface area (Å²) in [6, 6.07) is 0. The van der Waals surface area contributed by atoms with Crippen LogP contribution in [0.3, 0.4) is 0 Å². The van der Waals surface area contributed by atoms with Crippen molar-refractivity contribution in [1.29, 1.82) is 0 Å². The molecule has 0 spiro atoms. The van der Waals surface area contributed by atoms with Crippen molar-refractivity contribution in [2.24, 2.45) is 0 Å². The number of aliphatic hydroxyl groups is 6. The van der Waals surface area contributed by atoms with Crippen molar-refractivity contribution >= 4 is 11.9 Å². The summed E-state index contributed by atoms with van der Waals surface area (Å²) in [5.41, 5.74) is 0. The molecule has 110 valence electrons. The van der Waals surface area contributed by atoms with Gasteiger partial charge in [-0.05, 0) is 0 Å². The van der Waals surface area contributed by atoms with Crippen LogP contribution in [0.1, 0.15) is 0 Å². The van der Waals surface area contributed by atoms with Crippen molar-refractivity contribution < 1.29 is 49.7 Å². The molecule has 0 aliphatic heterocycles. The van der Waals surface area contributed by atoms with Crippen LogP contribution in [0.2, 0.25) is 0 Å². The van der Waals surface area contributed by atoms with E-state index in [2.05, 4.69) is 9.47 Å². The van der Waals surface area contributed by atoms with E-state index in [0.717, 1.165) is 7.11 Å². The highest BCUT2D eigenvalue weighted by Crippen LogP contribution is 2.08. The molecule has 10 nitrogen and oxygen atoms in total. The predicted octanol–water partition coefficient (Wildman–Crippen LogP) is -2.94. The SMILES string of the molecule is COC(=O)C(O)C(O)C(O)C(O)C(=O)OC=C(O)O. The molecular weight excluding hydrogens is 268 g/mol. The van der Waals surface area contributed by atoms with Crippen LogP contribution in [0, 0.1) is 0 Å². The Bertz CT molecular complexity index is 347. The smallest absolute Gasteiger partial charge is 0.342 e. The van der Waals surface area contributed by atoms with E-state index < -0.39 is 42.3 Å². The topological polar surface area (TPSA) is 174 Å². The van der Waals surface area contributed by atoms with Crippen LogP contribution in [-0.4, -0.2) is 74.1 Å². The van der Waals surface area contributed by atoms with E-state index in [4.69, 9.17) is 15.3 Å². The Morgan fingerprint density at radius 1 is 0.947 bits per heavy atom. The summed E-state index contributed by atoms with van der Waals surface area (Å²) in [5, 5.41) is 53.6. The van der Waals surface area contributed by atoms with Gasteiger partial charge in [0, 0.05) is 0 Å². The van der Waals surface area contributed by atoms with Gasteiger partial charge < -0.3 is 40.1 Å². The second kappa shape index (κ2) is 7.53. The van der Waals surface area contributed by atoms with Gasteiger partial charge in [0.05, 0.1) is 7.11 Å². The second-order valence-corrected chi connectivity index (χ2v) is 3.31. The van der Waals surface area contributed by atoms with E-state index in [1.807, 2.05) is 0 Å². The van der Waals surface area contributed by atoms with Gasteiger partial charge in [-0.25, -0.2) is 9.59 Å². The number of hydrogen-bond acceptors (Lipinski definition) is 10. The van der Waals surface area contributed by atoms with Crippen molar-refractivity contribution in [2.75, 3.05) is 7.11 Å². The molecule has 4 atom stereocenters. The van der Waals surface area contributed by atoms with Crippen LogP contribution < -0.4 is 0 Å². The first-order chi connectivity index (χ1) is 8.72. The van der Waals surface area contributed by atoms with Crippen molar-refractivity contribution in [3.8, 4) is 0 Å². The fraction of sp³-hybridized carbons (Fsp3) is 0.556. The first-order valence-corrected chi connectivity index (χ1v) is 4.81. The Morgan fingerprint density at radius 3 is 1.74 bits per heavy atom. The Balaban J connectivity index is 4.63. The molecule has 0 aliphatic carbocycles. The largest absolute Gasteiger partial charge is 0.479 e.